The van der Waals surface area contributed by atoms with Gasteiger partial charge in [-0.3, -0.25) is 58.5 Å². The number of primary amides is 2. The van der Waals surface area contributed by atoms with Crippen molar-refractivity contribution in [1.82, 2.24) is 69.3 Å². The van der Waals surface area contributed by atoms with Gasteiger partial charge in [-0.2, -0.15) is 20.4 Å². The fraction of sp³-hybridized carbons (Fsp3) is 0.520. The second-order valence-corrected chi connectivity index (χ2v) is 45.4. The number of imide groups is 2. The number of aliphatic hydroxyl groups excluding tert-OH is 2. The maximum absolute atomic E-state index is 13.2. The highest BCUT2D eigenvalue weighted by atomic mass is 28.4. The summed E-state index contributed by atoms with van der Waals surface area (Å²) in [6.45, 7) is 41.0. The van der Waals surface area contributed by atoms with Crippen LogP contribution in [0, 0.1) is 0 Å². The van der Waals surface area contributed by atoms with Crippen LogP contribution >= 0.6 is 0 Å². The summed E-state index contributed by atoms with van der Waals surface area (Å²) in [7, 11) is -5.30. The van der Waals surface area contributed by atoms with E-state index in [0.29, 0.717) is 91.5 Å². The lowest BCUT2D eigenvalue weighted by molar-refractivity contribution is -0.124. The van der Waals surface area contributed by atoms with Crippen molar-refractivity contribution in [2.24, 2.45) is 11.5 Å². The Morgan fingerprint density at radius 1 is 0.509 bits per heavy atom. The first-order valence-corrected chi connectivity index (χ1v) is 45.1. The first-order valence-electron chi connectivity index (χ1n) is 36.4. The Morgan fingerprint density at radius 3 is 1.28 bits per heavy atom. The van der Waals surface area contributed by atoms with Crippen LogP contribution < -0.4 is 22.1 Å². The van der Waals surface area contributed by atoms with Crippen molar-refractivity contribution in [3.8, 4) is 0 Å². The lowest BCUT2D eigenvalue weighted by atomic mass is 10.00. The molecule has 106 heavy (non-hydrogen) atoms. The predicted molar refractivity (Wildman–Crippen MR) is 417 cm³/mol. The van der Waals surface area contributed by atoms with Crippen molar-refractivity contribution in [3.05, 3.63) is 132 Å². The summed E-state index contributed by atoms with van der Waals surface area (Å²) in [4.78, 5) is 81.6. The fourth-order valence-corrected chi connectivity index (χ4v) is 14.1. The van der Waals surface area contributed by atoms with Gasteiger partial charge in [0.05, 0.1) is 52.2 Å². The molecule has 28 nitrogen and oxygen atoms in total. The number of rotatable bonds is 29. The Balaban J connectivity index is 0.000000213. The maximum Gasteiger partial charge on any atom is 0.261 e. The molecule has 11 heterocycles. The average molecular weight is 1510 g/mol. The number of hydrogen-bond acceptors (Lipinski definition) is 18. The lowest BCUT2D eigenvalue weighted by Crippen LogP contribution is -2.41. The number of aromatic amines is 1. The highest BCUT2D eigenvalue weighted by Crippen LogP contribution is 2.41. The van der Waals surface area contributed by atoms with Crippen LogP contribution in [0.25, 0.3) is 44.4 Å². The topological polar surface area (TPSA) is 374 Å². The van der Waals surface area contributed by atoms with Crippen molar-refractivity contribution in [2.45, 2.75) is 207 Å². The maximum atomic E-state index is 13.2. The molecule has 0 radical (unpaired) electrons. The van der Waals surface area contributed by atoms with Gasteiger partial charge in [0.25, 0.3) is 23.6 Å². The van der Waals surface area contributed by atoms with Crippen LogP contribution in [0.5, 0.6) is 0 Å². The van der Waals surface area contributed by atoms with E-state index in [0.717, 1.165) is 73.4 Å². The van der Waals surface area contributed by atoms with Gasteiger partial charge in [0, 0.05) is 156 Å². The molecule has 8 aromatic heterocycles. The van der Waals surface area contributed by atoms with Gasteiger partial charge in [0.2, 0.25) is 11.8 Å². The molecule has 0 aliphatic carbocycles. The van der Waals surface area contributed by atoms with Gasteiger partial charge in [0.15, 0.2) is 25.0 Å². The number of nitrogens with zero attached hydrogens (tertiary/aromatic N) is 11. The van der Waals surface area contributed by atoms with E-state index in [4.69, 9.17) is 39.7 Å². The molecule has 1 fully saturated rings. The van der Waals surface area contributed by atoms with Crippen LogP contribution in [-0.4, -0.2) is 175 Å². The molecule has 576 valence electrons. The summed E-state index contributed by atoms with van der Waals surface area (Å²) in [5, 5.41) is 44.8. The van der Waals surface area contributed by atoms with Crippen molar-refractivity contribution >= 4 is 105 Å². The third-order valence-electron chi connectivity index (χ3n) is 19.8. The van der Waals surface area contributed by atoms with E-state index in [-0.39, 0.29) is 64.1 Å². The highest BCUT2D eigenvalue weighted by molar-refractivity contribution is 6.75. The molecule has 0 spiro atoms. The van der Waals surface area contributed by atoms with Gasteiger partial charge in [-0.05, 0) is 148 Å². The van der Waals surface area contributed by atoms with Crippen LogP contribution in [0.15, 0.2) is 98.1 Å². The third kappa shape index (κ3) is 23.2. The van der Waals surface area contributed by atoms with Crippen LogP contribution in [0.4, 0.5) is 0 Å². The number of pyridine rings is 2. The molecule has 31 heteroatoms. The number of carbonyl (C=O) groups is 6. The number of nitrogens with one attached hydrogen (secondary N) is 3. The second-order valence-electron chi connectivity index (χ2n) is 31.0. The van der Waals surface area contributed by atoms with E-state index in [1.807, 2.05) is 56.8 Å². The van der Waals surface area contributed by atoms with E-state index < -0.39 is 48.6 Å². The molecular weight excluding hydrogens is 1400 g/mol. The number of aliphatic hydroxyl groups is 2. The molecule has 8 aromatic rings. The van der Waals surface area contributed by atoms with Crippen molar-refractivity contribution in [3.63, 3.8) is 0 Å². The largest absolute Gasteiger partial charge is 0.417 e. The standard InChI is InChI=1S/C32H49N5O4Si2.C20H21N5O4.C14H27N3O2Si.C5H7N3O.C4H8O/c1-31(2,3)42(7,8)40-20-12-17-36-22-24(23-14-11-16-33-28(23)36)26-27(30(39)34-29(26)38)25-15-19-37(35-25)18-13-21-41-43(9,10)32(4,5)6;26-10-2-7-24-12-14(13-4-1-6-21-18(13)24)16-17(20(29)22-19(16)28)15-5-9-25(23-15)8-3-11-27;1-14(2,3)20(4,5)19-10-6-8-17-9-7-12(16-17)11-13(15)18;6-5(9)3-4-1-2-7-8-4;1-2-4-5-3-1/h11,14-16,19,22H,12-13,17-18,20-21H2,1-10H3,(H,34,38,39);1,4-6,9,12,26-27H,2-3,7-8,10-11H2,(H,22,28,29);7,9H,6,8,10-11H2,1-5H3,(H2,15,18);1-2H,3H2,(H2,6,9)(H,7,8);1-4H2. The summed E-state index contributed by atoms with van der Waals surface area (Å²) in [6.07, 6.45) is 20.8. The van der Waals surface area contributed by atoms with E-state index in [9.17, 15) is 33.9 Å². The number of carbonyl (C=O) groups excluding carboxylic acids is 6. The van der Waals surface area contributed by atoms with Gasteiger partial charge in [-0.15, -0.1) is 0 Å². The van der Waals surface area contributed by atoms with E-state index in [1.54, 1.807) is 59.9 Å². The summed E-state index contributed by atoms with van der Waals surface area (Å²) < 4.78 is 33.0. The first-order chi connectivity index (χ1) is 50.0. The molecule has 9 N–H and O–H groups in total. The summed E-state index contributed by atoms with van der Waals surface area (Å²) in [6, 6.07) is 14.5. The zero-order chi connectivity index (χ0) is 77.8. The molecule has 0 aromatic carbocycles. The van der Waals surface area contributed by atoms with E-state index in [2.05, 4.69) is 147 Å². The molecule has 6 amide bonds. The number of ether oxygens (including phenoxy) is 1. The smallest absolute Gasteiger partial charge is 0.261 e. The van der Waals surface area contributed by atoms with Gasteiger partial charge in [-0.1, -0.05) is 62.3 Å². The SMILES string of the molecule is C1CCOC1.CC(C)(C)[Si](C)(C)OCCCn1ccc(C2=C(c3cn(CCCO[Si](C)(C)C(C)(C)C)c4ncccc34)C(=O)NC2=O)n1.CC(C)(C)[Si](C)(C)OCCCn1ccc(CC(N)=O)n1.NC(=O)Cc1ccn[nH]1.O=C1NC(=O)C(c2cn(CCCO)c3ncccc23)=C1c1ccn(CCCO)n1. The van der Waals surface area contributed by atoms with Gasteiger partial charge in [-0.25, -0.2) is 9.97 Å². The number of hydrogen-bond donors (Lipinski definition) is 7. The minimum atomic E-state index is -1.84. The molecule has 11 rings (SSSR count). The zero-order valence-corrected chi connectivity index (χ0v) is 67.6. The lowest BCUT2D eigenvalue weighted by Gasteiger charge is -2.36. The third-order valence-corrected chi connectivity index (χ3v) is 33.4. The zero-order valence-electron chi connectivity index (χ0n) is 64.6. The highest BCUT2D eigenvalue weighted by Gasteiger charge is 2.41. The number of fused-ring (bicyclic) bond motifs is 2. The first kappa shape index (κ1) is 84.6. The normalized spacial score (nSPS) is 14.4. The predicted octanol–water partition coefficient (Wildman–Crippen LogP) is 9.75. The molecule has 0 saturated carbocycles. The summed E-state index contributed by atoms with van der Waals surface area (Å²) >= 11 is 0. The molecule has 0 atom stereocenters. The Kier molecular flexibility index (Phi) is 30.1. The Morgan fingerprint density at radius 2 is 0.896 bits per heavy atom. The molecule has 0 unspecified atom stereocenters. The number of amides is 6. The number of H-pyrrole nitrogens is 1. The minimum Gasteiger partial charge on any atom is -0.417 e. The molecule has 0 bridgehead atoms. The second kappa shape index (κ2) is 37.7. The van der Waals surface area contributed by atoms with Gasteiger partial charge < -0.3 is 48.8 Å². The van der Waals surface area contributed by atoms with Crippen LogP contribution in [0.3, 0.4) is 0 Å². The average Bonchev–Trinajstić information content (AvgIpc) is 1.60. The number of aromatic nitrogens is 12. The molecular formula is C75H112N16O12Si3. The monoisotopic (exact) mass is 1510 g/mol. The van der Waals surface area contributed by atoms with Crippen molar-refractivity contribution in [2.75, 3.05) is 46.2 Å². The number of nitrogens with two attached hydrogens (primary N) is 2. The fourth-order valence-electron chi connectivity index (χ4n) is 10.8. The summed E-state index contributed by atoms with van der Waals surface area (Å²) in [5.41, 5.74) is 16.3. The van der Waals surface area contributed by atoms with Crippen LogP contribution in [0.1, 0.15) is 141 Å². The van der Waals surface area contributed by atoms with E-state index in [1.165, 1.54) is 12.8 Å². The molecule has 1 saturated heterocycles. The minimum absolute atomic E-state index is 0.0417. The van der Waals surface area contributed by atoms with Crippen LogP contribution in [-0.2, 0) is 92.3 Å². The molecule has 3 aliphatic heterocycles. The summed E-state index contributed by atoms with van der Waals surface area (Å²) in [5.74, 6) is -2.51. The Bertz CT molecular complexity index is 4320. The van der Waals surface area contributed by atoms with Crippen LogP contribution in [0.2, 0.25) is 54.4 Å². The number of aryl methyl sites for hydroxylation is 5. The van der Waals surface area contributed by atoms with E-state index >= 15 is 0 Å². The van der Waals surface area contributed by atoms with Crippen molar-refractivity contribution < 1.29 is 57.0 Å². The van der Waals surface area contributed by atoms with Gasteiger partial charge >= 0.3 is 0 Å². The molecule has 3 aliphatic rings. The van der Waals surface area contributed by atoms with Gasteiger partial charge in [0.1, 0.15) is 11.3 Å². The Labute approximate surface area is 624 Å². The quantitative estimate of drug-likeness (QED) is 0.0130. The van der Waals surface area contributed by atoms with Crippen molar-refractivity contribution in [1.29, 1.82) is 0 Å². The Hall–Kier alpha value is -8.67.